The van der Waals surface area contributed by atoms with Crippen LogP contribution in [0.4, 0.5) is 0 Å². The molecule has 1 rings (SSSR count). The third-order valence-electron chi connectivity index (χ3n) is 3.86. The van der Waals surface area contributed by atoms with Crippen LogP contribution in [0.15, 0.2) is 0 Å². The van der Waals surface area contributed by atoms with Crippen LogP contribution in [0.2, 0.25) is 0 Å². The highest BCUT2D eigenvalue weighted by Crippen LogP contribution is 2.30. The van der Waals surface area contributed by atoms with Crippen LogP contribution < -0.4 is 5.32 Å². The third-order valence-corrected chi connectivity index (χ3v) is 4.69. The zero-order chi connectivity index (χ0) is 12.0. The summed E-state index contributed by atoms with van der Waals surface area (Å²) in [7, 11) is 0. The fraction of sp³-hybridized carbons (Fsp3) is 0.923. The van der Waals surface area contributed by atoms with E-state index in [0.717, 1.165) is 24.2 Å². The van der Waals surface area contributed by atoms with Crippen molar-refractivity contribution in [3.05, 3.63) is 0 Å². The molecule has 1 aliphatic rings. The van der Waals surface area contributed by atoms with E-state index in [1.165, 1.54) is 25.7 Å². The zero-order valence-electron chi connectivity index (χ0n) is 10.5. The van der Waals surface area contributed by atoms with Gasteiger partial charge < -0.3 is 5.32 Å². The van der Waals surface area contributed by atoms with E-state index in [1.54, 1.807) is 0 Å². The predicted molar refractivity (Wildman–Crippen MR) is 71.7 cm³/mol. The summed E-state index contributed by atoms with van der Waals surface area (Å²) in [6.45, 7) is 4.93. The SMILES string of the molecule is CCC(C)C(=O)NCC1CCCCC1CBr. The minimum atomic E-state index is 0.158. The molecule has 0 aromatic carbocycles. The third kappa shape index (κ3) is 4.08. The van der Waals surface area contributed by atoms with E-state index in [1.807, 2.05) is 6.92 Å². The van der Waals surface area contributed by atoms with Gasteiger partial charge >= 0.3 is 0 Å². The van der Waals surface area contributed by atoms with Gasteiger partial charge in [0.15, 0.2) is 0 Å². The van der Waals surface area contributed by atoms with Gasteiger partial charge in [0.25, 0.3) is 0 Å². The van der Waals surface area contributed by atoms with Gasteiger partial charge in [-0.15, -0.1) is 0 Å². The van der Waals surface area contributed by atoms with Gasteiger partial charge in [-0.05, 0) is 31.1 Å². The molecule has 0 heterocycles. The van der Waals surface area contributed by atoms with Crippen molar-refractivity contribution in [1.82, 2.24) is 5.32 Å². The van der Waals surface area contributed by atoms with E-state index >= 15 is 0 Å². The first kappa shape index (κ1) is 14.0. The molecule has 2 nitrogen and oxygen atoms in total. The molecule has 0 aliphatic heterocycles. The van der Waals surface area contributed by atoms with Gasteiger partial charge in [0.1, 0.15) is 0 Å². The number of carbonyl (C=O) groups excluding carboxylic acids is 1. The summed E-state index contributed by atoms with van der Waals surface area (Å²) in [6, 6.07) is 0. The van der Waals surface area contributed by atoms with Crippen molar-refractivity contribution in [3.63, 3.8) is 0 Å². The van der Waals surface area contributed by atoms with Crippen LogP contribution in [-0.4, -0.2) is 17.8 Å². The van der Waals surface area contributed by atoms with Crippen LogP contribution in [0, 0.1) is 17.8 Å². The van der Waals surface area contributed by atoms with Crippen LogP contribution in [0.1, 0.15) is 46.0 Å². The van der Waals surface area contributed by atoms with Gasteiger partial charge in [0.05, 0.1) is 0 Å². The molecule has 3 unspecified atom stereocenters. The Kier molecular flexibility index (Phi) is 6.40. The van der Waals surface area contributed by atoms with Crippen molar-refractivity contribution in [2.45, 2.75) is 46.0 Å². The van der Waals surface area contributed by atoms with Crippen molar-refractivity contribution in [1.29, 1.82) is 0 Å². The molecule has 1 fully saturated rings. The maximum absolute atomic E-state index is 11.7. The Morgan fingerprint density at radius 2 is 2.00 bits per heavy atom. The molecular formula is C13H24BrNO. The molecule has 94 valence electrons. The summed E-state index contributed by atoms with van der Waals surface area (Å²) in [4.78, 5) is 11.7. The van der Waals surface area contributed by atoms with E-state index in [9.17, 15) is 4.79 Å². The van der Waals surface area contributed by atoms with E-state index < -0.39 is 0 Å². The topological polar surface area (TPSA) is 29.1 Å². The molecule has 0 radical (unpaired) electrons. The van der Waals surface area contributed by atoms with E-state index in [2.05, 4.69) is 28.2 Å². The molecule has 16 heavy (non-hydrogen) atoms. The standard InChI is InChI=1S/C13H24BrNO/c1-3-10(2)13(16)15-9-12-7-5-4-6-11(12)8-14/h10-12H,3-9H2,1-2H3,(H,15,16). The van der Waals surface area contributed by atoms with Crippen molar-refractivity contribution >= 4 is 21.8 Å². The molecule has 0 spiro atoms. The van der Waals surface area contributed by atoms with Gasteiger partial charge in [-0.1, -0.05) is 42.6 Å². The molecule has 0 aromatic heterocycles. The maximum Gasteiger partial charge on any atom is 0.222 e. The Balaban J connectivity index is 2.32. The normalized spacial score (nSPS) is 27.4. The molecule has 0 bridgehead atoms. The highest BCUT2D eigenvalue weighted by molar-refractivity contribution is 9.09. The summed E-state index contributed by atoms with van der Waals surface area (Å²) >= 11 is 3.59. The van der Waals surface area contributed by atoms with Gasteiger partial charge in [-0.3, -0.25) is 4.79 Å². The summed E-state index contributed by atoms with van der Waals surface area (Å²) in [6.07, 6.45) is 6.20. The summed E-state index contributed by atoms with van der Waals surface area (Å²) in [5.41, 5.74) is 0. The van der Waals surface area contributed by atoms with E-state index in [-0.39, 0.29) is 11.8 Å². The highest BCUT2D eigenvalue weighted by Gasteiger charge is 2.24. The number of alkyl halides is 1. The quantitative estimate of drug-likeness (QED) is 0.773. The van der Waals surface area contributed by atoms with Gasteiger partial charge in [-0.2, -0.15) is 0 Å². The molecule has 3 heteroatoms. The first-order chi connectivity index (χ1) is 7.69. The predicted octanol–water partition coefficient (Wildman–Crippen LogP) is 3.35. The average molecular weight is 290 g/mol. The number of hydrogen-bond donors (Lipinski definition) is 1. The number of nitrogens with one attached hydrogen (secondary N) is 1. The number of amides is 1. The molecule has 0 saturated heterocycles. The second-order valence-corrected chi connectivity index (χ2v) is 5.66. The van der Waals surface area contributed by atoms with Crippen LogP contribution in [-0.2, 0) is 4.79 Å². The largest absolute Gasteiger partial charge is 0.356 e. The van der Waals surface area contributed by atoms with Crippen LogP contribution in [0.25, 0.3) is 0 Å². The Hall–Kier alpha value is -0.0500. The van der Waals surface area contributed by atoms with Crippen molar-refractivity contribution in [3.8, 4) is 0 Å². The molecule has 1 amide bonds. The first-order valence-electron chi connectivity index (χ1n) is 6.52. The van der Waals surface area contributed by atoms with Crippen LogP contribution in [0.5, 0.6) is 0 Å². The maximum atomic E-state index is 11.7. The lowest BCUT2D eigenvalue weighted by Crippen LogP contribution is -2.37. The minimum absolute atomic E-state index is 0.158. The monoisotopic (exact) mass is 289 g/mol. The molecule has 3 atom stereocenters. The van der Waals surface area contributed by atoms with Gasteiger partial charge in [-0.25, -0.2) is 0 Å². The fourth-order valence-corrected chi connectivity index (χ4v) is 3.20. The lowest BCUT2D eigenvalue weighted by atomic mass is 9.80. The first-order valence-corrected chi connectivity index (χ1v) is 7.64. The Bertz CT molecular complexity index is 220. The molecular weight excluding hydrogens is 266 g/mol. The molecule has 1 N–H and O–H groups in total. The fourth-order valence-electron chi connectivity index (χ4n) is 2.35. The Labute approximate surface area is 108 Å². The molecule has 1 aliphatic carbocycles. The van der Waals surface area contributed by atoms with Crippen LogP contribution in [0.3, 0.4) is 0 Å². The number of hydrogen-bond acceptors (Lipinski definition) is 1. The summed E-state index contributed by atoms with van der Waals surface area (Å²) in [5, 5.41) is 4.19. The van der Waals surface area contributed by atoms with Gasteiger partial charge in [0.2, 0.25) is 5.91 Å². The smallest absolute Gasteiger partial charge is 0.222 e. The zero-order valence-corrected chi connectivity index (χ0v) is 12.1. The lowest BCUT2D eigenvalue weighted by Gasteiger charge is -2.30. The van der Waals surface area contributed by atoms with Crippen molar-refractivity contribution in [2.24, 2.45) is 17.8 Å². The second-order valence-electron chi connectivity index (χ2n) is 5.01. The number of carbonyl (C=O) groups is 1. The number of rotatable bonds is 5. The second kappa shape index (κ2) is 7.31. The summed E-state index contributed by atoms with van der Waals surface area (Å²) < 4.78 is 0. The van der Waals surface area contributed by atoms with E-state index in [0.29, 0.717) is 5.92 Å². The molecule has 0 aromatic rings. The highest BCUT2D eigenvalue weighted by atomic mass is 79.9. The van der Waals surface area contributed by atoms with Crippen molar-refractivity contribution < 1.29 is 4.79 Å². The van der Waals surface area contributed by atoms with Crippen LogP contribution >= 0.6 is 15.9 Å². The Morgan fingerprint density at radius 1 is 1.38 bits per heavy atom. The van der Waals surface area contributed by atoms with Crippen molar-refractivity contribution in [2.75, 3.05) is 11.9 Å². The molecule has 1 saturated carbocycles. The summed E-state index contributed by atoms with van der Waals surface area (Å²) in [5.74, 6) is 1.82. The lowest BCUT2D eigenvalue weighted by molar-refractivity contribution is -0.124. The van der Waals surface area contributed by atoms with Gasteiger partial charge in [0, 0.05) is 17.8 Å². The Morgan fingerprint density at radius 3 is 2.56 bits per heavy atom. The number of halogens is 1. The average Bonchev–Trinajstić information content (AvgIpc) is 2.35. The van der Waals surface area contributed by atoms with E-state index in [4.69, 9.17) is 0 Å². The minimum Gasteiger partial charge on any atom is -0.356 e.